The van der Waals surface area contributed by atoms with Crippen molar-refractivity contribution in [2.75, 3.05) is 11.9 Å². The molecule has 118 valence electrons. The van der Waals surface area contributed by atoms with Crippen LogP contribution in [0.15, 0.2) is 24.3 Å². The average Bonchev–Trinajstić information content (AvgIpc) is 2.54. The summed E-state index contributed by atoms with van der Waals surface area (Å²) >= 11 is 0. The summed E-state index contributed by atoms with van der Waals surface area (Å²) in [6.45, 7) is -0.364. The van der Waals surface area contributed by atoms with Crippen molar-refractivity contribution in [3.05, 3.63) is 41.7 Å². The Labute approximate surface area is 125 Å². The van der Waals surface area contributed by atoms with E-state index in [4.69, 9.17) is 0 Å². The first kappa shape index (κ1) is 16.1. The minimum atomic E-state index is -1.66. The molecule has 1 aromatic rings. The molecule has 0 bridgehead atoms. The van der Waals surface area contributed by atoms with Gasteiger partial charge in [0.25, 0.3) is 0 Å². The van der Waals surface area contributed by atoms with Gasteiger partial charge in [0.05, 0.1) is 12.2 Å². The monoisotopic (exact) mass is 312 g/mol. The van der Waals surface area contributed by atoms with E-state index in [0.717, 1.165) is 12.5 Å². The Kier molecular flexibility index (Phi) is 5.19. The summed E-state index contributed by atoms with van der Waals surface area (Å²) in [5.41, 5.74) is -0.473. The quantitative estimate of drug-likeness (QED) is 0.663. The highest BCUT2D eigenvalue weighted by molar-refractivity contribution is 5.94. The van der Waals surface area contributed by atoms with E-state index in [0.29, 0.717) is 18.9 Å². The van der Waals surface area contributed by atoms with Crippen molar-refractivity contribution in [2.24, 2.45) is 5.92 Å². The zero-order valence-corrected chi connectivity index (χ0v) is 11.7. The summed E-state index contributed by atoms with van der Waals surface area (Å²) in [4.78, 5) is 23.4. The van der Waals surface area contributed by atoms with E-state index in [2.05, 4.69) is 10.6 Å². The van der Waals surface area contributed by atoms with E-state index in [1.807, 2.05) is 12.2 Å². The number of anilines is 1. The number of amides is 2. The molecule has 0 aliphatic heterocycles. The first-order valence-corrected chi connectivity index (χ1v) is 6.85. The van der Waals surface area contributed by atoms with Gasteiger partial charge in [-0.1, -0.05) is 12.2 Å². The minimum Gasteiger partial charge on any atom is -0.347 e. The molecule has 0 radical (unpaired) electrons. The normalized spacial score (nSPS) is 17.1. The maximum absolute atomic E-state index is 13.4. The molecule has 0 saturated carbocycles. The number of nitrogens with one attached hydrogen (secondary N) is 2. The number of hydrogen-bond acceptors (Lipinski definition) is 2. The SMILES string of the molecule is O=C(CNC(=O)C1CC=CCC1)Nc1ccc(F)c(F)c1F. The fourth-order valence-corrected chi connectivity index (χ4v) is 2.16. The first-order valence-electron chi connectivity index (χ1n) is 6.85. The van der Waals surface area contributed by atoms with Gasteiger partial charge in [-0.2, -0.15) is 0 Å². The Bertz CT molecular complexity index is 617. The molecule has 7 heteroatoms. The van der Waals surface area contributed by atoms with Crippen LogP contribution < -0.4 is 10.6 Å². The second-order valence-electron chi connectivity index (χ2n) is 4.97. The van der Waals surface area contributed by atoms with E-state index in [9.17, 15) is 22.8 Å². The van der Waals surface area contributed by atoms with Crippen molar-refractivity contribution in [2.45, 2.75) is 19.3 Å². The second-order valence-corrected chi connectivity index (χ2v) is 4.97. The summed E-state index contributed by atoms with van der Waals surface area (Å²) < 4.78 is 39.2. The summed E-state index contributed by atoms with van der Waals surface area (Å²) in [6.07, 6.45) is 6.03. The van der Waals surface area contributed by atoms with Gasteiger partial charge in [-0.25, -0.2) is 13.2 Å². The Morgan fingerprint density at radius 2 is 1.91 bits per heavy atom. The van der Waals surface area contributed by atoms with Crippen LogP contribution in [0.25, 0.3) is 0 Å². The molecule has 1 atom stereocenters. The number of benzene rings is 1. The van der Waals surface area contributed by atoms with Gasteiger partial charge >= 0.3 is 0 Å². The smallest absolute Gasteiger partial charge is 0.243 e. The standard InChI is InChI=1S/C15H15F3N2O2/c16-10-6-7-11(14(18)13(10)17)20-12(21)8-19-15(22)9-4-2-1-3-5-9/h1-2,6-7,9H,3-5,8H2,(H,19,22)(H,20,21). The second kappa shape index (κ2) is 7.11. The average molecular weight is 312 g/mol. The van der Waals surface area contributed by atoms with Gasteiger partial charge in [-0.3, -0.25) is 9.59 Å². The molecule has 2 N–H and O–H groups in total. The summed E-state index contributed by atoms with van der Waals surface area (Å²) in [5.74, 6) is -5.63. The van der Waals surface area contributed by atoms with Crippen LogP contribution in [-0.4, -0.2) is 18.4 Å². The fraction of sp³-hybridized carbons (Fsp3) is 0.333. The van der Waals surface area contributed by atoms with Crippen LogP contribution in [0.2, 0.25) is 0 Å². The highest BCUT2D eigenvalue weighted by atomic mass is 19.2. The lowest BCUT2D eigenvalue weighted by atomic mass is 9.94. The van der Waals surface area contributed by atoms with E-state index in [1.165, 1.54) is 0 Å². The minimum absolute atomic E-state index is 0.183. The van der Waals surface area contributed by atoms with Gasteiger partial charge < -0.3 is 10.6 Å². The number of carbonyl (C=O) groups excluding carboxylic acids is 2. The van der Waals surface area contributed by atoms with Crippen LogP contribution in [0.1, 0.15) is 19.3 Å². The summed E-state index contributed by atoms with van der Waals surface area (Å²) in [5, 5.41) is 4.53. The van der Waals surface area contributed by atoms with Crippen molar-refractivity contribution in [3.63, 3.8) is 0 Å². The number of halogens is 3. The Balaban J connectivity index is 1.87. The zero-order valence-electron chi connectivity index (χ0n) is 11.7. The molecule has 1 aliphatic carbocycles. The molecule has 0 fully saturated rings. The van der Waals surface area contributed by atoms with Crippen LogP contribution in [-0.2, 0) is 9.59 Å². The predicted molar refractivity (Wildman–Crippen MR) is 74.4 cm³/mol. The summed E-state index contributed by atoms with van der Waals surface area (Å²) in [6, 6.07) is 1.63. The van der Waals surface area contributed by atoms with Crippen LogP contribution in [0.4, 0.5) is 18.9 Å². The molecule has 0 spiro atoms. The van der Waals surface area contributed by atoms with E-state index < -0.39 is 29.0 Å². The molecule has 1 unspecified atom stereocenters. The molecule has 4 nitrogen and oxygen atoms in total. The van der Waals surface area contributed by atoms with Gasteiger partial charge in [0.1, 0.15) is 0 Å². The third-order valence-electron chi connectivity index (χ3n) is 3.37. The van der Waals surface area contributed by atoms with Crippen molar-refractivity contribution in [1.82, 2.24) is 5.32 Å². The molecule has 2 rings (SSSR count). The molecule has 0 heterocycles. The maximum atomic E-state index is 13.4. The zero-order chi connectivity index (χ0) is 16.1. The van der Waals surface area contributed by atoms with Gasteiger partial charge in [-0.05, 0) is 31.4 Å². The lowest BCUT2D eigenvalue weighted by Crippen LogP contribution is -2.37. The molecular weight excluding hydrogens is 297 g/mol. The first-order chi connectivity index (χ1) is 10.5. The van der Waals surface area contributed by atoms with Crippen molar-refractivity contribution >= 4 is 17.5 Å². The van der Waals surface area contributed by atoms with Crippen LogP contribution in [0.3, 0.4) is 0 Å². The topological polar surface area (TPSA) is 58.2 Å². The lowest BCUT2D eigenvalue weighted by Gasteiger charge is -2.17. The van der Waals surface area contributed by atoms with Crippen molar-refractivity contribution in [3.8, 4) is 0 Å². The van der Waals surface area contributed by atoms with Crippen LogP contribution >= 0.6 is 0 Å². The maximum Gasteiger partial charge on any atom is 0.243 e. The number of hydrogen-bond donors (Lipinski definition) is 2. The molecule has 0 saturated heterocycles. The van der Waals surface area contributed by atoms with E-state index in [1.54, 1.807) is 0 Å². The molecular formula is C15H15F3N2O2. The highest BCUT2D eigenvalue weighted by Gasteiger charge is 2.20. The van der Waals surface area contributed by atoms with Gasteiger partial charge in [0.15, 0.2) is 17.5 Å². The Morgan fingerprint density at radius 3 is 2.59 bits per heavy atom. The molecule has 1 aliphatic rings. The van der Waals surface area contributed by atoms with Crippen molar-refractivity contribution in [1.29, 1.82) is 0 Å². The third-order valence-corrected chi connectivity index (χ3v) is 3.37. The number of carbonyl (C=O) groups is 2. The number of rotatable bonds is 4. The van der Waals surface area contributed by atoms with E-state index in [-0.39, 0.29) is 18.4 Å². The Hall–Kier alpha value is -2.31. The lowest BCUT2D eigenvalue weighted by molar-refractivity contribution is -0.127. The molecule has 0 aromatic heterocycles. The molecule has 2 amide bonds. The van der Waals surface area contributed by atoms with Crippen LogP contribution in [0, 0.1) is 23.4 Å². The third kappa shape index (κ3) is 3.87. The predicted octanol–water partition coefficient (Wildman–Crippen LogP) is 2.51. The Morgan fingerprint density at radius 1 is 1.14 bits per heavy atom. The molecule has 22 heavy (non-hydrogen) atoms. The van der Waals surface area contributed by atoms with E-state index >= 15 is 0 Å². The van der Waals surface area contributed by atoms with Crippen LogP contribution in [0.5, 0.6) is 0 Å². The van der Waals surface area contributed by atoms with Gasteiger partial charge in [0, 0.05) is 5.92 Å². The number of allylic oxidation sites excluding steroid dienone is 2. The van der Waals surface area contributed by atoms with Gasteiger partial charge in [0.2, 0.25) is 11.8 Å². The largest absolute Gasteiger partial charge is 0.347 e. The fourth-order valence-electron chi connectivity index (χ4n) is 2.16. The molecule has 1 aromatic carbocycles. The van der Waals surface area contributed by atoms with Gasteiger partial charge in [-0.15, -0.1) is 0 Å². The highest BCUT2D eigenvalue weighted by Crippen LogP contribution is 2.20. The van der Waals surface area contributed by atoms with Crippen molar-refractivity contribution < 1.29 is 22.8 Å². The summed E-state index contributed by atoms with van der Waals surface area (Å²) in [7, 11) is 0.